The minimum absolute atomic E-state index is 0.413. The van der Waals surface area contributed by atoms with E-state index in [0.717, 1.165) is 36.6 Å². The first-order chi connectivity index (χ1) is 8.35. The summed E-state index contributed by atoms with van der Waals surface area (Å²) in [6.45, 7) is 4.34. The van der Waals surface area contributed by atoms with E-state index < -0.39 is 0 Å². The molecule has 2 aromatic heterocycles. The van der Waals surface area contributed by atoms with Gasteiger partial charge in [0.1, 0.15) is 12.0 Å². The third kappa shape index (κ3) is 2.70. The predicted molar refractivity (Wildman–Crippen MR) is 65.5 cm³/mol. The van der Waals surface area contributed by atoms with Crippen LogP contribution in [0.1, 0.15) is 44.9 Å². The molecule has 0 aliphatic carbocycles. The van der Waals surface area contributed by atoms with Crippen LogP contribution in [-0.4, -0.2) is 15.0 Å². The Labute approximate surface area is 101 Å². The summed E-state index contributed by atoms with van der Waals surface area (Å²) in [7, 11) is 0. The average molecular weight is 231 g/mol. The summed E-state index contributed by atoms with van der Waals surface area (Å²) >= 11 is 0. The molecule has 0 bridgehead atoms. The molecule has 0 aromatic carbocycles. The average Bonchev–Trinajstić information content (AvgIpc) is 2.86. The van der Waals surface area contributed by atoms with Gasteiger partial charge in [-0.1, -0.05) is 20.3 Å². The van der Waals surface area contributed by atoms with Crippen molar-refractivity contribution in [2.45, 2.75) is 39.0 Å². The van der Waals surface area contributed by atoms with Gasteiger partial charge in [-0.05, 0) is 18.9 Å². The van der Waals surface area contributed by atoms with Crippen molar-refractivity contribution < 1.29 is 4.42 Å². The lowest BCUT2D eigenvalue weighted by Crippen LogP contribution is -1.96. The molecule has 1 unspecified atom stereocenters. The summed E-state index contributed by atoms with van der Waals surface area (Å²) in [6.07, 6.45) is 8.27. The molecule has 4 heteroatoms. The standard InChI is InChI=1S/C13H17N3O/c1-3-5-10(4-2)13-15-8-12(17-13)11-6-7-14-9-16-11/h6-10H,3-5H2,1-2H3. The first-order valence-corrected chi connectivity index (χ1v) is 6.07. The number of hydrogen-bond donors (Lipinski definition) is 0. The summed E-state index contributed by atoms with van der Waals surface area (Å²) in [4.78, 5) is 12.4. The van der Waals surface area contributed by atoms with E-state index in [1.807, 2.05) is 6.07 Å². The van der Waals surface area contributed by atoms with Crippen molar-refractivity contribution in [1.29, 1.82) is 0 Å². The third-order valence-electron chi connectivity index (χ3n) is 2.84. The summed E-state index contributed by atoms with van der Waals surface area (Å²) in [5.74, 6) is 1.95. The Hall–Kier alpha value is -1.71. The van der Waals surface area contributed by atoms with Crippen molar-refractivity contribution in [2.24, 2.45) is 0 Å². The third-order valence-corrected chi connectivity index (χ3v) is 2.84. The van der Waals surface area contributed by atoms with Gasteiger partial charge in [0.15, 0.2) is 11.7 Å². The van der Waals surface area contributed by atoms with Crippen molar-refractivity contribution in [1.82, 2.24) is 15.0 Å². The van der Waals surface area contributed by atoms with E-state index >= 15 is 0 Å². The molecule has 2 heterocycles. The van der Waals surface area contributed by atoms with E-state index in [2.05, 4.69) is 28.8 Å². The predicted octanol–water partition coefficient (Wildman–Crippen LogP) is 3.43. The Morgan fingerprint density at radius 2 is 2.18 bits per heavy atom. The second-order valence-electron chi connectivity index (χ2n) is 4.05. The lowest BCUT2D eigenvalue weighted by molar-refractivity contribution is 0.427. The van der Waals surface area contributed by atoms with E-state index in [4.69, 9.17) is 4.42 Å². The number of nitrogens with zero attached hydrogens (tertiary/aromatic N) is 3. The maximum atomic E-state index is 5.77. The number of aromatic nitrogens is 3. The Morgan fingerprint density at radius 3 is 2.82 bits per heavy atom. The van der Waals surface area contributed by atoms with Gasteiger partial charge in [-0.25, -0.2) is 15.0 Å². The SMILES string of the molecule is CCCC(CC)c1ncc(-c2ccncn2)o1. The van der Waals surface area contributed by atoms with Gasteiger partial charge in [-0.2, -0.15) is 0 Å². The second-order valence-corrected chi connectivity index (χ2v) is 4.05. The van der Waals surface area contributed by atoms with Crippen molar-refractivity contribution >= 4 is 0 Å². The highest BCUT2D eigenvalue weighted by Crippen LogP contribution is 2.27. The molecule has 0 saturated heterocycles. The number of oxazole rings is 1. The van der Waals surface area contributed by atoms with Gasteiger partial charge < -0.3 is 4.42 Å². The van der Waals surface area contributed by atoms with Crippen molar-refractivity contribution in [3.8, 4) is 11.5 Å². The monoisotopic (exact) mass is 231 g/mol. The largest absolute Gasteiger partial charge is 0.439 e. The highest BCUT2D eigenvalue weighted by atomic mass is 16.4. The quantitative estimate of drug-likeness (QED) is 0.791. The Kier molecular flexibility index (Phi) is 3.85. The molecule has 1 atom stereocenters. The van der Waals surface area contributed by atoms with Gasteiger partial charge in [-0.15, -0.1) is 0 Å². The minimum atomic E-state index is 0.413. The molecular weight excluding hydrogens is 214 g/mol. The smallest absolute Gasteiger partial charge is 0.198 e. The molecule has 0 fully saturated rings. The molecule has 2 aromatic rings. The van der Waals surface area contributed by atoms with Crippen LogP contribution < -0.4 is 0 Å². The minimum Gasteiger partial charge on any atom is -0.439 e. The lowest BCUT2D eigenvalue weighted by atomic mass is 10.0. The fraction of sp³-hybridized carbons (Fsp3) is 0.462. The molecule has 0 amide bonds. The van der Waals surface area contributed by atoms with Gasteiger partial charge in [0.2, 0.25) is 0 Å². The fourth-order valence-corrected chi connectivity index (χ4v) is 1.88. The van der Waals surface area contributed by atoms with E-state index in [-0.39, 0.29) is 0 Å². The second kappa shape index (κ2) is 5.57. The van der Waals surface area contributed by atoms with E-state index in [9.17, 15) is 0 Å². The summed E-state index contributed by atoms with van der Waals surface area (Å²) < 4.78 is 5.77. The van der Waals surface area contributed by atoms with Crippen LogP contribution in [0.3, 0.4) is 0 Å². The molecule has 0 radical (unpaired) electrons. The summed E-state index contributed by atoms with van der Waals surface area (Å²) in [5.41, 5.74) is 0.783. The molecule has 4 nitrogen and oxygen atoms in total. The zero-order chi connectivity index (χ0) is 12.1. The van der Waals surface area contributed by atoms with Crippen LogP contribution in [-0.2, 0) is 0 Å². The van der Waals surface area contributed by atoms with Crippen molar-refractivity contribution in [3.05, 3.63) is 30.7 Å². The maximum absolute atomic E-state index is 5.77. The highest BCUT2D eigenvalue weighted by molar-refractivity contribution is 5.49. The molecule has 0 aliphatic heterocycles. The van der Waals surface area contributed by atoms with Crippen LogP contribution in [0.25, 0.3) is 11.5 Å². The van der Waals surface area contributed by atoms with Gasteiger partial charge in [0.25, 0.3) is 0 Å². The maximum Gasteiger partial charge on any atom is 0.198 e. The van der Waals surface area contributed by atoms with Crippen molar-refractivity contribution in [2.75, 3.05) is 0 Å². The zero-order valence-corrected chi connectivity index (χ0v) is 10.3. The zero-order valence-electron chi connectivity index (χ0n) is 10.3. The topological polar surface area (TPSA) is 51.8 Å². The molecule has 17 heavy (non-hydrogen) atoms. The molecule has 0 N–H and O–H groups in total. The Morgan fingerprint density at radius 1 is 1.29 bits per heavy atom. The van der Waals surface area contributed by atoms with Crippen molar-refractivity contribution in [3.63, 3.8) is 0 Å². The molecule has 90 valence electrons. The summed E-state index contributed by atoms with van der Waals surface area (Å²) in [5, 5.41) is 0. The number of hydrogen-bond acceptors (Lipinski definition) is 4. The molecule has 0 spiro atoms. The molecule has 2 rings (SSSR count). The summed E-state index contributed by atoms with van der Waals surface area (Å²) in [6, 6.07) is 1.82. The van der Waals surface area contributed by atoms with Crippen LogP contribution in [0.15, 0.2) is 29.2 Å². The van der Waals surface area contributed by atoms with Gasteiger partial charge in [-0.3, -0.25) is 0 Å². The first kappa shape index (κ1) is 11.8. The van der Waals surface area contributed by atoms with Gasteiger partial charge in [0, 0.05) is 12.1 Å². The van der Waals surface area contributed by atoms with Gasteiger partial charge >= 0.3 is 0 Å². The Balaban J connectivity index is 2.21. The van der Waals surface area contributed by atoms with Crippen LogP contribution in [0.2, 0.25) is 0 Å². The highest BCUT2D eigenvalue weighted by Gasteiger charge is 2.15. The van der Waals surface area contributed by atoms with Crippen LogP contribution >= 0.6 is 0 Å². The normalized spacial score (nSPS) is 12.6. The number of rotatable bonds is 5. The van der Waals surface area contributed by atoms with E-state index in [0.29, 0.717) is 5.92 Å². The molecular formula is C13H17N3O. The van der Waals surface area contributed by atoms with Gasteiger partial charge in [0.05, 0.1) is 6.20 Å². The van der Waals surface area contributed by atoms with E-state index in [1.54, 1.807) is 12.4 Å². The fourth-order valence-electron chi connectivity index (χ4n) is 1.88. The lowest BCUT2D eigenvalue weighted by Gasteiger charge is -2.08. The first-order valence-electron chi connectivity index (χ1n) is 6.07. The molecule has 0 saturated carbocycles. The Bertz CT molecular complexity index is 453. The van der Waals surface area contributed by atoms with E-state index in [1.165, 1.54) is 6.33 Å². The van der Waals surface area contributed by atoms with Crippen LogP contribution in [0, 0.1) is 0 Å². The van der Waals surface area contributed by atoms with Crippen LogP contribution in [0.4, 0.5) is 0 Å². The molecule has 0 aliphatic rings. The van der Waals surface area contributed by atoms with Crippen LogP contribution in [0.5, 0.6) is 0 Å².